The summed E-state index contributed by atoms with van der Waals surface area (Å²) < 4.78 is 4.94. The van der Waals surface area contributed by atoms with Gasteiger partial charge in [0, 0.05) is 18.6 Å². The molecule has 0 amide bonds. The van der Waals surface area contributed by atoms with Crippen molar-refractivity contribution in [3.8, 4) is 0 Å². The fourth-order valence-corrected chi connectivity index (χ4v) is 3.12. The highest BCUT2D eigenvalue weighted by molar-refractivity contribution is 8.14. The maximum absolute atomic E-state index is 11.3. The second-order valence-corrected chi connectivity index (χ2v) is 5.74. The molecule has 1 saturated carbocycles. The van der Waals surface area contributed by atoms with Crippen molar-refractivity contribution in [1.82, 2.24) is 0 Å². The van der Waals surface area contributed by atoms with Crippen LogP contribution in [0.5, 0.6) is 0 Å². The number of esters is 1. The summed E-state index contributed by atoms with van der Waals surface area (Å²) in [5, 5.41) is 0.671. The van der Waals surface area contributed by atoms with Crippen LogP contribution in [0, 0.1) is 5.92 Å². The smallest absolute Gasteiger partial charge is 0.306 e. The Bertz CT molecular complexity index is 245. The van der Waals surface area contributed by atoms with Crippen LogP contribution >= 0.6 is 11.8 Å². The monoisotopic (exact) mass is 244 g/mol. The van der Waals surface area contributed by atoms with Crippen LogP contribution in [-0.2, 0) is 14.3 Å². The lowest BCUT2D eigenvalue weighted by Crippen LogP contribution is -2.20. The second-order valence-electron chi connectivity index (χ2n) is 4.26. The molecule has 1 fully saturated rings. The quantitative estimate of drug-likeness (QED) is 0.713. The molecule has 0 unspecified atom stereocenters. The zero-order valence-electron chi connectivity index (χ0n) is 10.0. The summed E-state index contributed by atoms with van der Waals surface area (Å²) in [4.78, 5) is 22.2. The summed E-state index contributed by atoms with van der Waals surface area (Å²) in [6, 6.07) is 0. The van der Waals surface area contributed by atoms with Gasteiger partial charge >= 0.3 is 5.97 Å². The van der Waals surface area contributed by atoms with Crippen molar-refractivity contribution in [2.45, 2.75) is 51.2 Å². The molecule has 92 valence electrons. The van der Waals surface area contributed by atoms with E-state index in [2.05, 4.69) is 0 Å². The van der Waals surface area contributed by atoms with Crippen LogP contribution in [0.1, 0.15) is 46.0 Å². The van der Waals surface area contributed by atoms with Gasteiger partial charge in [-0.1, -0.05) is 11.8 Å². The lowest BCUT2D eigenvalue weighted by atomic mass is 9.87. The van der Waals surface area contributed by atoms with Crippen LogP contribution in [0.3, 0.4) is 0 Å². The van der Waals surface area contributed by atoms with E-state index in [0.29, 0.717) is 24.2 Å². The van der Waals surface area contributed by atoms with Gasteiger partial charge in [0.2, 0.25) is 0 Å². The van der Waals surface area contributed by atoms with Gasteiger partial charge in [0.1, 0.15) is 0 Å². The van der Waals surface area contributed by atoms with Crippen LogP contribution in [0.15, 0.2) is 0 Å². The standard InChI is InChI=1S/C12H20O3S/c1-3-15-12(14)8-10-4-6-11(7-5-10)16-9(2)13/h10-11H,3-8H2,1-2H3/t10-,11-. The van der Waals surface area contributed by atoms with Gasteiger partial charge in [-0.2, -0.15) is 0 Å². The summed E-state index contributed by atoms with van der Waals surface area (Å²) in [6.45, 7) is 3.92. The minimum absolute atomic E-state index is 0.0785. The molecule has 4 heteroatoms. The summed E-state index contributed by atoms with van der Waals surface area (Å²) in [6.07, 6.45) is 4.74. The van der Waals surface area contributed by atoms with Crippen molar-refractivity contribution >= 4 is 22.8 Å². The molecular weight excluding hydrogens is 224 g/mol. The molecule has 0 aliphatic heterocycles. The predicted molar refractivity (Wildman–Crippen MR) is 65.3 cm³/mol. The highest BCUT2D eigenvalue weighted by Gasteiger charge is 2.24. The fraction of sp³-hybridized carbons (Fsp3) is 0.833. The van der Waals surface area contributed by atoms with Crippen molar-refractivity contribution in [3.63, 3.8) is 0 Å². The maximum atomic E-state index is 11.3. The Morgan fingerprint density at radius 1 is 1.25 bits per heavy atom. The normalized spacial score (nSPS) is 25.1. The van der Waals surface area contributed by atoms with Crippen LogP contribution < -0.4 is 0 Å². The van der Waals surface area contributed by atoms with Gasteiger partial charge in [0.25, 0.3) is 0 Å². The zero-order valence-corrected chi connectivity index (χ0v) is 10.8. The SMILES string of the molecule is CCOC(=O)C[C@H]1CC[C@H](SC(C)=O)CC1. The molecule has 0 aromatic carbocycles. The average Bonchev–Trinajstić information content (AvgIpc) is 2.20. The second kappa shape index (κ2) is 6.94. The maximum Gasteiger partial charge on any atom is 0.306 e. The van der Waals surface area contributed by atoms with Gasteiger partial charge in [0.05, 0.1) is 6.61 Å². The topological polar surface area (TPSA) is 43.4 Å². The van der Waals surface area contributed by atoms with Crippen molar-refractivity contribution in [2.24, 2.45) is 5.92 Å². The first kappa shape index (κ1) is 13.6. The third-order valence-corrected chi connectivity index (χ3v) is 4.02. The fourth-order valence-electron chi connectivity index (χ4n) is 2.14. The Morgan fingerprint density at radius 2 is 1.88 bits per heavy atom. The first-order chi connectivity index (χ1) is 7.61. The van der Waals surface area contributed by atoms with E-state index in [1.807, 2.05) is 6.92 Å². The van der Waals surface area contributed by atoms with Crippen LogP contribution in [0.4, 0.5) is 0 Å². The molecule has 16 heavy (non-hydrogen) atoms. The van der Waals surface area contributed by atoms with E-state index in [0.717, 1.165) is 25.7 Å². The van der Waals surface area contributed by atoms with Gasteiger partial charge in [-0.3, -0.25) is 9.59 Å². The van der Waals surface area contributed by atoms with E-state index in [1.54, 1.807) is 6.92 Å². The Balaban J connectivity index is 2.21. The molecule has 1 aliphatic rings. The Morgan fingerprint density at radius 3 is 2.38 bits per heavy atom. The molecule has 0 heterocycles. The first-order valence-corrected chi connectivity index (χ1v) is 6.82. The Hall–Kier alpha value is -0.510. The summed E-state index contributed by atoms with van der Waals surface area (Å²) >= 11 is 1.45. The minimum atomic E-state index is -0.0785. The van der Waals surface area contributed by atoms with Crippen molar-refractivity contribution in [1.29, 1.82) is 0 Å². The minimum Gasteiger partial charge on any atom is -0.466 e. The van der Waals surface area contributed by atoms with E-state index in [4.69, 9.17) is 4.74 Å². The van der Waals surface area contributed by atoms with Gasteiger partial charge in [-0.15, -0.1) is 0 Å². The van der Waals surface area contributed by atoms with Gasteiger partial charge < -0.3 is 4.74 Å². The van der Waals surface area contributed by atoms with Crippen LogP contribution in [0.25, 0.3) is 0 Å². The lowest BCUT2D eigenvalue weighted by Gasteiger charge is -2.26. The molecule has 0 saturated heterocycles. The van der Waals surface area contributed by atoms with E-state index in [9.17, 15) is 9.59 Å². The molecule has 0 radical (unpaired) electrons. The number of hydrogen-bond donors (Lipinski definition) is 0. The molecular formula is C12H20O3S. The third kappa shape index (κ3) is 5.01. The predicted octanol–water partition coefficient (Wildman–Crippen LogP) is 2.78. The molecule has 0 N–H and O–H groups in total. The number of carbonyl (C=O) groups excluding carboxylic acids is 2. The summed E-state index contributed by atoms with van der Waals surface area (Å²) in [7, 11) is 0. The van der Waals surface area contributed by atoms with Crippen LogP contribution in [0.2, 0.25) is 0 Å². The van der Waals surface area contributed by atoms with E-state index in [-0.39, 0.29) is 11.1 Å². The Kier molecular flexibility index (Phi) is 5.88. The summed E-state index contributed by atoms with van der Waals surface area (Å²) in [5.41, 5.74) is 0. The number of thioether (sulfide) groups is 1. The number of carbonyl (C=O) groups is 2. The average molecular weight is 244 g/mol. The van der Waals surface area contributed by atoms with Crippen molar-refractivity contribution in [3.05, 3.63) is 0 Å². The molecule has 0 aromatic heterocycles. The lowest BCUT2D eigenvalue weighted by molar-refractivity contribution is -0.144. The van der Waals surface area contributed by atoms with Crippen molar-refractivity contribution < 1.29 is 14.3 Å². The number of hydrogen-bond acceptors (Lipinski definition) is 4. The molecule has 0 spiro atoms. The number of ether oxygens (including phenoxy) is 1. The number of rotatable bonds is 4. The third-order valence-electron chi connectivity index (χ3n) is 2.89. The van der Waals surface area contributed by atoms with Gasteiger partial charge in [0.15, 0.2) is 5.12 Å². The molecule has 1 rings (SSSR count). The highest BCUT2D eigenvalue weighted by Crippen LogP contribution is 2.33. The summed E-state index contributed by atoms with van der Waals surface area (Å²) in [5.74, 6) is 0.382. The van der Waals surface area contributed by atoms with Crippen molar-refractivity contribution in [2.75, 3.05) is 6.61 Å². The molecule has 0 bridgehead atoms. The van der Waals surface area contributed by atoms with Gasteiger partial charge in [-0.05, 0) is 38.5 Å². The molecule has 1 aliphatic carbocycles. The van der Waals surface area contributed by atoms with Gasteiger partial charge in [-0.25, -0.2) is 0 Å². The van der Waals surface area contributed by atoms with E-state index < -0.39 is 0 Å². The largest absolute Gasteiger partial charge is 0.466 e. The molecule has 3 nitrogen and oxygen atoms in total. The van der Waals surface area contributed by atoms with E-state index in [1.165, 1.54) is 11.8 Å². The van der Waals surface area contributed by atoms with E-state index >= 15 is 0 Å². The zero-order chi connectivity index (χ0) is 12.0. The highest BCUT2D eigenvalue weighted by atomic mass is 32.2. The molecule has 0 aromatic rings. The first-order valence-electron chi connectivity index (χ1n) is 5.94. The Labute approximate surface area is 101 Å². The van der Waals surface area contributed by atoms with Crippen LogP contribution in [-0.4, -0.2) is 22.9 Å². The molecule has 0 atom stereocenters.